The number of carbonyl (C=O) groups excluding carboxylic acids is 1. The zero-order chi connectivity index (χ0) is 19.4. The van der Waals surface area contributed by atoms with Crippen LogP contribution in [-0.2, 0) is 13.2 Å². The third-order valence-corrected chi connectivity index (χ3v) is 4.80. The monoisotopic (exact) mass is 448 g/mol. The molecule has 2 aromatic heterocycles. The molecule has 0 amide bonds. The van der Waals surface area contributed by atoms with E-state index >= 15 is 0 Å². The van der Waals surface area contributed by atoms with Crippen LogP contribution in [0.15, 0.2) is 51.5 Å². The number of ether oxygens (including phenoxy) is 1. The van der Waals surface area contributed by atoms with Crippen molar-refractivity contribution in [1.82, 2.24) is 9.78 Å². The number of furan rings is 1. The molecule has 0 saturated carbocycles. The van der Waals surface area contributed by atoms with Gasteiger partial charge in [-0.3, -0.25) is 9.48 Å². The predicted molar refractivity (Wildman–Crippen MR) is 108 cm³/mol. The van der Waals surface area contributed by atoms with Gasteiger partial charge in [0, 0.05) is 16.7 Å². The Hall–Kier alpha value is -2.31. The summed E-state index contributed by atoms with van der Waals surface area (Å²) in [6.45, 7) is 4.84. The molecule has 7 heteroatoms. The van der Waals surface area contributed by atoms with Crippen LogP contribution in [0.2, 0.25) is 5.02 Å². The van der Waals surface area contributed by atoms with Crippen LogP contribution in [0.5, 0.6) is 5.75 Å². The van der Waals surface area contributed by atoms with E-state index in [0.29, 0.717) is 27.9 Å². The predicted octanol–water partition coefficient (Wildman–Crippen LogP) is 5.70. The van der Waals surface area contributed by atoms with Crippen molar-refractivity contribution in [2.24, 2.45) is 0 Å². The first-order valence-electron chi connectivity index (χ1n) is 8.39. The number of aromatic nitrogens is 2. The summed E-state index contributed by atoms with van der Waals surface area (Å²) in [5.74, 6) is 1.68. The average Bonchev–Trinajstić information content (AvgIpc) is 3.25. The summed E-state index contributed by atoms with van der Waals surface area (Å²) < 4.78 is 14.0. The van der Waals surface area contributed by atoms with Crippen LogP contribution in [0, 0.1) is 6.92 Å². The fourth-order valence-electron chi connectivity index (χ4n) is 2.56. The Morgan fingerprint density at radius 2 is 2.19 bits per heavy atom. The number of hydrogen-bond acceptors (Lipinski definition) is 4. The number of halogens is 2. The lowest BCUT2D eigenvalue weighted by Gasteiger charge is -2.06. The molecule has 0 saturated heterocycles. The second kappa shape index (κ2) is 8.59. The van der Waals surface area contributed by atoms with Crippen molar-refractivity contribution in [3.8, 4) is 5.75 Å². The lowest BCUT2D eigenvalue weighted by molar-refractivity contribution is 0.104. The second-order valence-electron chi connectivity index (χ2n) is 5.82. The van der Waals surface area contributed by atoms with E-state index in [2.05, 4.69) is 21.0 Å². The van der Waals surface area contributed by atoms with E-state index in [9.17, 15) is 4.79 Å². The molecule has 2 heterocycles. The van der Waals surface area contributed by atoms with Crippen molar-refractivity contribution in [2.45, 2.75) is 27.0 Å². The van der Waals surface area contributed by atoms with Gasteiger partial charge >= 0.3 is 0 Å². The van der Waals surface area contributed by atoms with Crippen LogP contribution in [0.1, 0.15) is 34.5 Å². The van der Waals surface area contributed by atoms with Crippen molar-refractivity contribution < 1.29 is 13.9 Å². The standard InChI is InChI=1S/C20H18BrClN2O3/c1-3-24-13(2)17(11-23-24)19(25)8-7-15-5-6-16(27-15)12-26-20-9-4-14(21)10-18(20)22/h4-11H,3,12H2,1-2H3/b8-7+. The number of allylic oxidation sites excluding steroid dienone is 1. The van der Waals surface area contributed by atoms with E-state index in [1.54, 1.807) is 41.2 Å². The molecule has 0 aliphatic rings. The van der Waals surface area contributed by atoms with E-state index in [1.807, 2.05) is 19.9 Å². The van der Waals surface area contributed by atoms with Crippen molar-refractivity contribution in [3.05, 3.63) is 74.9 Å². The van der Waals surface area contributed by atoms with Crippen LogP contribution >= 0.6 is 27.5 Å². The minimum absolute atomic E-state index is 0.108. The van der Waals surface area contributed by atoms with E-state index in [0.717, 1.165) is 16.7 Å². The Labute approximate surface area is 170 Å². The van der Waals surface area contributed by atoms with Crippen molar-refractivity contribution in [3.63, 3.8) is 0 Å². The normalized spacial score (nSPS) is 11.3. The minimum Gasteiger partial charge on any atom is -0.484 e. The molecule has 0 radical (unpaired) electrons. The maximum atomic E-state index is 12.3. The van der Waals surface area contributed by atoms with Gasteiger partial charge in [-0.2, -0.15) is 5.10 Å². The van der Waals surface area contributed by atoms with Gasteiger partial charge in [-0.05, 0) is 56.3 Å². The third kappa shape index (κ3) is 4.70. The van der Waals surface area contributed by atoms with Crippen LogP contribution in [-0.4, -0.2) is 15.6 Å². The fraction of sp³-hybridized carbons (Fsp3) is 0.200. The Morgan fingerprint density at radius 3 is 2.89 bits per heavy atom. The Kier molecular flexibility index (Phi) is 6.19. The second-order valence-corrected chi connectivity index (χ2v) is 7.15. The Bertz CT molecular complexity index is 991. The van der Waals surface area contributed by atoms with Crippen LogP contribution in [0.4, 0.5) is 0 Å². The Balaban J connectivity index is 1.62. The molecule has 3 aromatic rings. The number of ketones is 1. The molecule has 1 aromatic carbocycles. The fourth-order valence-corrected chi connectivity index (χ4v) is 3.29. The first-order valence-corrected chi connectivity index (χ1v) is 9.56. The van der Waals surface area contributed by atoms with E-state index < -0.39 is 0 Å². The smallest absolute Gasteiger partial charge is 0.189 e. The first kappa shape index (κ1) is 19.5. The minimum atomic E-state index is -0.108. The highest BCUT2D eigenvalue weighted by Crippen LogP contribution is 2.28. The molecule has 140 valence electrons. The van der Waals surface area contributed by atoms with Gasteiger partial charge in [0.1, 0.15) is 23.9 Å². The molecular formula is C20H18BrClN2O3. The molecule has 27 heavy (non-hydrogen) atoms. The molecule has 0 aliphatic carbocycles. The molecule has 0 fully saturated rings. The largest absolute Gasteiger partial charge is 0.484 e. The maximum Gasteiger partial charge on any atom is 0.189 e. The summed E-state index contributed by atoms with van der Waals surface area (Å²) in [7, 11) is 0. The highest BCUT2D eigenvalue weighted by molar-refractivity contribution is 9.10. The number of rotatable bonds is 7. The van der Waals surface area contributed by atoms with E-state index in [4.69, 9.17) is 20.8 Å². The van der Waals surface area contributed by atoms with E-state index in [-0.39, 0.29) is 12.4 Å². The van der Waals surface area contributed by atoms with Gasteiger partial charge in [0.25, 0.3) is 0 Å². The van der Waals surface area contributed by atoms with Crippen LogP contribution in [0.25, 0.3) is 6.08 Å². The zero-order valence-corrected chi connectivity index (χ0v) is 17.3. The van der Waals surface area contributed by atoms with Crippen LogP contribution in [0.3, 0.4) is 0 Å². The van der Waals surface area contributed by atoms with Crippen molar-refractivity contribution >= 4 is 39.4 Å². The molecule has 0 N–H and O–H groups in total. The highest BCUT2D eigenvalue weighted by atomic mass is 79.9. The van der Waals surface area contributed by atoms with Gasteiger partial charge in [-0.25, -0.2) is 0 Å². The Morgan fingerprint density at radius 1 is 1.37 bits per heavy atom. The number of hydrogen-bond donors (Lipinski definition) is 0. The number of aryl methyl sites for hydroxylation is 1. The molecule has 3 rings (SSSR count). The summed E-state index contributed by atoms with van der Waals surface area (Å²) in [5.41, 5.74) is 1.44. The molecule has 0 aliphatic heterocycles. The van der Waals surface area contributed by atoms with Gasteiger partial charge < -0.3 is 9.15 Å². The topological polar surface area (TPSA) is 57.3 Å². The molecule has 0 unspecified atom stereocenters. The van der Waals surface area contributed by atoms with Crippen molar-refractivity contribution in [1.29, 1.82) is 0 Å². The van der Waals surface area contributed by atoms with Gasteiger partial charge in [-0.1, -0.05) is 27.5 Å². The quantitative estimate of drug-likeness (QED) is 0.343. The molecule has 5 nitrogen and oxygen atoms in total. The summed E-state index contributed by atoms with van der Waals surface area (Å²) >= 11 is 9.48. The van der Waals surface area contributed by atoms with Gasteiger partial charge in [0.05, 0.1) is 16.8 Å². The lowest BCUT2D eigenvalue weighted by Crippen LogP contribution is -2.01. The summed E-state index contributed by atoms with van der Waals surface area (Å²) in [6, 6.07) is 8.99. The first-order chi connectivity index (χ1) is 13.0. The molecule has 0 bridgehead atoms. The zero-order valence-electron chi connectivity index (χ0n) is 14.9. The number of nitrogens with zero attached hydrogens (tertiary/aromatic N) is 2. The highest BCUT2D eigenvalue weighted by Gasteiger charge is 2.11. The molecule has 0 spiro atoms. The van der Waals surface area contributed by atoms with E-state index in [1.165, 1.54) is 6.08 Å². The third-order valence-electron chi connectivity index (χ3n) is 4.01. The maximum absolute atomic E-state index is 12.3. The SMILES string of the molecule is CCn1ncc(C(=O)/C=C/c2ccc(COc3ccc(Br)cc3Cl)o2)c1C. The molecular weight excluding hydrogens is 432 g/mol. The lowest BCUT2D eigenvalue weighted by atomic mass is 10.1. The van der Waals surface area contributed by atoms with Gasteiger partial charge in [0.15, 0.2) is 5.78 Å². The summed E-state index contributed by atoms with van der Waals surface area (Å²) in [6.07, 6.45) is 4.72. The van der Waals surface area contributed by atoms with Gasteiger partial charge in [0.2, 0.25) is 0 Å². The molecule has 0 atom stereocenters. The van der Waals surface area contributed by atoms with Crippen molar-refractivity contribution in [2.75, 3.05) is 0 Å². The average molecular weight is 450 g/mol. The number of benzene rings is 1. The van der Waals surface area contributed by atoms with Crippen LogP contribution < -0.4 is 4.74 Å². The number of carbonyl (C=O) groups is 1. The van der Waals surface area contributed by atoms with Gasteiger partial charge in [-0.15, -0.1) is 0 Å². The summed E-state index contributed by atoms with van der Waals surface area (Å²) in [5, 5.41) is 4.71. The summed E-state index contributed by atoms with van der Waals surface area (Å²) in [4.78, 5) is 12.3.